The van der Waals surface area contributed by atoms with Crippen molar-refractivity contribution in [2.75, 3.05) is 37.8 Å². The molecule has 116 valence electrons. The van der Waals surface area contributed by atoms with E-state index < -0.39 is 0 Å². The average Bonchev–Trinajstić information content (AvgIpc) is 2.71. The molecular weight excluding hydrogens is 262 g/mol. The summed E-state index contributed by atoms with van der Waals surface area (Å²) >= 11 is 0. The number of hydrogen-bond donors (Lipinski definition) is 1. The fraction of sp³-hybridized carbons (Fsp3) is 0.588. The third-order valence-electron chi connectivity index (χ3n) is 4.45. The third kappa shape index (κ3) is 3.69. The van der Waals surface area contributed by atoms with Gasteiger partial charge in [0, 0.05) is 32.7 Å². The summed E-state index contributed by atoms with van der Waals surface area (Å²) in [6, 6.07) is 5.69. The summed E-state index contributed by atoms with van der Waals surface area (Å²) in [7, 11) is 3.51. The first-order valence-electron chi connectivity index (χ1n) is 7.89. The molecule has 1 unspecified atom stereocenters. The molecule has 1 atom stereocenters. The van der Waals surface area contributed by atoms with Crippen LogP contribution in [0.25, 0.3) is 0 Å². The standard InChI is InChI=1S/C17H27N3O/c1-4-13-6-5-10-20(11-9-13)16-8-7-14(12-15(16)18)17(21)19(2)3/h7-8,12-13H,4-6,9-11,18H2,1-3H3. The Morgan fingerprint density at radius 2 is 2.10 bits per heavy atom. The first-order chi connectivity index (χ1) is 10.0. The minimum Gasteiger partial charge on any atom is -0.397 e. The van der Waals surface area contributed by atoms with Gasteiger partial charge < -0.3 is 15.5 Å². The number of hydrogen-bond acceptors (Lipinski definition) is 3. The van der Waals surface area contributed by atoms with Gasteiger partial charge in [-0.1, -0.05) is 13.3 Å². The van der Waals surface area contributed by atoms with Crippen molar-refractivity contribution in [1.82, 2.24) is 4.90 Å². The summed E-state index contributed by atoms with van der Waals surface area (Å²) in [5.74, 6) is 0.834. The van der Waals surface area contributed by atoms with Gasteiger partial charge >= 0.3 is 0 Å². The number of rotatable bonds is 3. The van der Waals surface area contributed by atoms with E-state index in [1.54, 1.807) is 25.1 Å². The van der Waals surface area contributed by atoms with Crippen LogP contribution in [0.3, 0.4) is 0 Å². The van der Waals surface area contributed by atoms with Crippen LogP contribution in [0.5, 0.6) is 0 Å². The lowest BCUT2D eigenvalue weighted by atomic mass is 9.98. The molecular formula is C17H27N3O. The van der Waals surface area contributed by atoms with Crippen molar-refractivity contribution in [3.8, 4) is 0 Å². The summed E-state index contributed by atoms with van der Waals surface area (Å²) in [6.07, 6.45) is 5.02. The Labute approximate surface area is 127 Å². The summed E-state index contributed by atoms with van der Waals surface area (Å²) in [5, 5.41) is 0. The lowest BCUT2D eigenvalue weighted by Crippen LogP contribution is -2.26. The lowest BCUT2D eigenvalue weighted by molar-refractivity contribution is 0.0827. The van der Waals surface area contributed by atoms with Crippen molar-refractivity contribution in [3.05, 3.63) is 23.8 Å². The van der Waals surface area contributed by atoms with E-state index in [0.717, 1.165) is 24.7 Å². The van der Waals surface area contributed by atoms with Crippen molar-refractivity contribution in [1.29, 1.82) is 0 Å². The lowest BCUT2D eigenvalue weighted by Gasteiger charge is -2.25. The molecule has 1 saturated heterocycles. The van der Waals surface area contributed by atoms with E-state index in [4.69, 9.17) is 5.73 Å². The summed E-state index contributed by atoms with van der Waals surface area (Å²) in [5.41, 5.74) is 8.63. The number of anilines is 2. The second-order valence-electron chi connectivity index (χ2n) is 6.17. The zero-order chi connectivity index (χ0) is 15.4. The molecule has 1 amide bonds. The smallest absolute Gasteiger partial charge is 0.253 e. The van der Waals surface area contributed by atoms with Crippen molar-refractivity contribution in [2.45, 2.75) is 32.6 Å². The molecule has 4 nitrogen and oxygen atoms in total. The highest BCUT2D eigenvalue weighted by Gasteiger charge is 2.18. The van der Waals surface area contributed by atoms with Crippen LogP contribution >= 0.6 is 0 Å². The Kier molecular flexibility index (Phi) is 5.10. The molecule has 0 aromatic heterocycles. The third-order valence-corrected chi connectivity index (χ3v) is 4.45. The number of benzene rings is 1. The zero-order valence-corrected chi connectivity index (χ0v) is 13.4. The maximum atomic E-state index is 12.0. The summed E-state index contributed by atoms with van der Waals surface area (Å²) in [4.78, 5) is 15.9. The molecule has 21 heavy (non-hydrogen) atoms. The van der Waals surface area contributed by atoms with E-state index in [-0.39, 0.29) is 5.91 Å². The van der Waals surface area contributed by atoms with Gasteiger partial charge in [-0.15, -0.1) is 0 Å². The number of nitrogens with zero attached hydrogens (tertiary/aromatic N) is 2. The van der Waals surface area contributed by atoms with Crippen LogP contribution in [0, 0.1) is 5.92 Å². The van der Waals surface area contributed by atoms with Crippen LogP contribution < -0.4 is 10.6 Å². The van der Waals surface area contributed by atoms with Crippen LogP contribution in [-0.2, 0) is 0 Å². The van der Waals surface area contributed by atoms with Crippen molar-refractivity contribution >= 4 is 17.3 Å². The molecule has 1 aliphatic heterocycles. The van der Waals surface area contributed by atoms with E-state index in [1.165, 1.54) is 25.7 Å². The molecule has 0 radical (unpaired) electrons. The first-order valence-corrected chi connectivity index (χ1v) is 7.89. The molecule has 2 rings (SSSR count). The van der Waals surface area contributed by atoms with Gasteiger partial charge in [0.05, 0.1) is 11.4 Å². The molecule has 0 spiro atoms. The topological polar surface area (TPSA) is 49.6 Å². The van der Waals surface area contributed by atoms with Gasteiger partial charge in [-0.2, -0.15) is 0 Å². The van der Waals surface area contributed by atoms with Crippen molar-refractivity contribution in [3.63, 3.8) is 0 Å². The normalized spacial score (nSPS) is 19.2. The van der Waals surface area contributed by atoms with Gasteiger partial charge in [0.15, 0.2) is 0 Å². The Balaban J connectivity index is 2.15. The predicted octanol–water partition coefficient (Wildman–Crippen LogP) is 2.99. The summed E-state index contributed by atoms with van der Waals surface area (Å²) < 4.78 is 0. The summed E-state index contributed by atoms with van der Waals surface area (Å²) in [6.45, 7) is 4.39. The molecule has 0 aliphatic carbocycles. The van der Waals surface area contributed by atoms with Gasteiger partial charge in [0.1, 0.15) is 0 Å². The quantitative estimate of drug-likeness (QED) is 0.870. The second kappa shape index (κ2) is 6.83. The highest BCUT2D eigenvalue weighted by molar-refractivity contribution is 5.95. The number of nitrogen functional groups attached to an aromatic ring is 1. The Morgan fingerprint density at radius 3 is 2.71 bits per heavy atom. The maximum absolute atomic E-state index is 12.0. The molecule has 1 aromatic rings. The van der Waals surface area contributed by atoms with Crippen molar-refractivity contribution in [2.24, 2.45) is 5.92 Å². The number of nitrogens with two attached hydrogens (primary N) is 1. The fourth-order valence-electron chi connectivity index (χ4n) is 3.05. The van der Waals surface area contributed by atoms with Crippen LogP contribution in [0.15, 0.2) is 18.2 Å². The number of carbonyl (C=O) groups excluding carboxylic acids is 1. The van der Waals surface area contributed by atoms with Gasteiger partial charge in [0.25, 0.3) is 5.91 Å². The second-order valence-corrected chi connectivity index (χ2v) is 6.17. The highest BCUT2D eigenvalue weighted by Crippen LogP contribution is 2.29. The number of carbonyl (C=O) groups is 1. The highest BCUT2D eigenvalue weighted by atomic mass is 16.2. The Bertz CT molecular complexity index is 499. The SMILES string of the molecule is CCC1CCCN(c2ccc(C(=O)N(C)C)cc2N)CC1. The predicted molar refractivity (Wildman–Crippen MR) is 88.7 cm³/mol. The van der Waals surface area contributed by atoms with E-state index in [9.17, 15) is 4.79 Å². The largest absolute Gasteiger partial charge is 0.397 e. The minimum atomic E-state index is -0.00448. The van der Waals surface area contributed by atoms with Crippen LogP contribution in [0.2, 0.25) is 0 Å². The molecule has 1 aromatic carbocycles. The van der Waals surface area contributed by atoms with Gasteiger partial charge in [0.2, 0.25) is 0 Å². The molecule has 1 fully saturated rings. The van der Waals surface area contributed by atoms with Crippen molar-refractivity contribution < 1.29 is 4.79 Å². The van der Waals surface area contributed by atoms with Crippen LogP contribution in [0.4, 0.5) is 11.4 Å². The Hall–Kier alpha value is -1.71. The zero-order valence-electron chi connectivity index (χ0n) is 13.4. The van der Waals surface area contributed by atoms with E-state index in [1.807, 2.05) is 12.1 Å². The first kappa shape index (κ1) is 15.7. The molecule has 1 aliphatic rings. The fourth-order valence-corrected chi connectivity index (χ4v) is 3.05. The Morgan fingerprint density at radius 1 is 1.33 bits per heavy atom. The van der Waals surface area contributed by atoms with Gasteiger partial charge in [-0.05, 0) is 43.4 Å². The van der Waals surface area contributed by atoms with E-state index in [2.05, 4.69) is 11.8 Å². The van der Waals surface area contributed by atoms with Gasteiger partial charge in [-0.25, -0.2) is 0 Å². The van der Waals surface area contributed by atoms with E-state index >= 15 is 0 Å². The van der Waals surface area contributed by atoms with Crippen LogP contribution in [0.1, 0.15) is 43.0 Å². The maximum Gasteiger partial charge on any atom is 0.253 e. The minimum absolute atomic E-state index is 0.00448. The van der Waals surface area contributed by atoms with Gasteiger partial charge in [-0.3, -0.25) is 4.79 Å². The molecule has 4 heteroatoms. The molecule has 2 N–H and O–H groups in total. The molecule has 0 saturated carbocycles. The number of amides is 1. The average molecular weight is 289 g/mol. The van der Waals surface area contributed by atoms with Crippen LogP contribution in [-0.4, -0.2) is 38.0 Å². The van der Waals surface area contributed by atoms with E-state index in [0.29, 0.717) is 11.3 Å². The monoisotopic (exact) mass is 289 g/mol. The molecule has 0 bridgehead atoms. The molecule has 1 heterocycles.